The predicted octanol–water partition coefficient (Wildman–Crippen LogP) is 0.446. The average molecular weight is 157 g/mol. The Labute approximate surface area is 65.1 Å². The Balaban J connectivity index is 2.38. The highest BCUT2D eigenvalue weighted by Gasteiger charge is 2.17. The number of carbonyl (C=O) groups is 1. The quantitative estimate of drug-likeness (QED) is 0.590. The van der Waals surface area contributed by atoms with Crippen molar-refractivity contribution in [1.82, 2.24) is 5.32 Å². The average Bonchev–Trinajstić information content (AvgIpc) is 2.05. The minimum Gasteiger partial charge on any atom is -0.306 e. The number of hydrogen-bond acceptors (Lipinski definition) is 3. The molecule has 0 aromatic heterocycles. The maximum atomic E-state index is 11.0. The van der Waals surface area contributed by atoms with Crippen LogP contribution in [0.5, 0.6) is 0 Å². The van der Waals surface area contributed by atoms with Crippen LogP contribution in [0.25, 0.3) is 0 Å². The summed E-state index contributed by atoms with van der Waals surface area (Å²) in [4.78, 5) is 11.0. The first-order chi connectivity index (χ1) is 4.84. The third-order valence-electron chi connectivity index (χ3n) is 1.47. The molecule has 0 radical (unpaired) electrons. The Hall–Kier alpha value is -0.280. The molecule has 1 saturated heterocycles. The molecular formula is C7H11NOS. The van der Waals surface area contributed by atoms with E-state index in [0.717, 1.165) is 18.1 Å². The van der Waals surface area contributed by atoms with Crippen molar-refractivity contribution < 1.29 is 4.79 Å². The number of hydrogen-bond donors (Lipinski definition) is 1. The zero-order chi connectivity index (χ0) is 7.40. The molecule has 1 rings (SSSR count). The molecule has 0 aliphatic carbocycles. The van der Waals surface area contributed by atoms with E-state index in [0.29, 0.717) is 0 Å². The van der Waals surface area contributed by atoms with E-state index < -0.39 is 0 Å². The SMILES string of the molecule is C=CC(=O)C1CSCCN1. The van der Waals surface area contributed by atoms with Crippen molar-refractivity contribution in [2.75, 3.05) is 18.1 Å². The highest BCUT2D eigenvalue weighted by molar-refractivity contribution is 7.99. The predicted molar refractivity (Wildman–Crippen MR) is 44.3 cm³/mol. The first kappa shape index (κ1) is 7.82. The fourth-order valence-corrected chi connectivity index (χ4v) is 1.84. The van der Waals surface area contributed by atoms with E-state index in [1.807, 2.05) is 11.8 Å². The van der Waals surface area contributed by atoms with Crippen molar-refractivity contribution in [3.8, 4) is 0 Å². The van der Waals surface area contributed by atoms with Crippen LogP contribution in [0.3, 0.4) is 0 Å². The largest absolute Gasteiger partial charge is 0.306 e. The van der Waals surface area contributed by atoms with Gasteiger partial charge in [-0.25, -0.2) is 0 Å². The van der Waals surface area contributed by atoms with Crippen LogP contribution in [0.1, 0.15) is 0 Å². The maximum absolute atomic E-state index is 11.0. The fraction of sp³-hybridized carbons (Fsp3) is 0.571. The van der Waals surface area contributed by atoms with Crippen LogP contribution in [0.15, 0.2) is 12.7 Å². The Morgan fingerprint density at radius 1 is 1.80 bits per heavy atom. The van der Waals surface area contributed by atoms with Crippen molar-refractivity contribution in [3.63, 3.8) is 0 Å². The lowest BCUT2D eigenvalue weighted by Gasteiger charge is -2.20. The van der Waals surface area contributed by atoms with Gasteiger partial charge in [0.1, 0.15) is 0 Å². The van der Waals surface area contributed by atoms with E-state index in [1.165, 1.54) is 6.08 Å². The lowest BCUT2D eigenvalue weighted by Crippen LogP contribution is -2.42. The molecule has 56 valence electrons. The number of nitrogens with one attached hydrogen (secondary N) is 1. The van der Waals surface area contributed by atoms with Crippen molar-refractivity contribution in [2.24, 2.45) is 0 Å². The van der Waals surface area contributed by atoms with Gasteiger partial charge < -0.3 is 5.32 Å². The molecule has 0 saturated carbocycles. The topological polar surface area (TPSA) is 29.1 Å². The summed E-state index contributed by atoms with van der Waals surface area (Å²) in [6, 6.07) is 0.0243. The molecule has 1 atom stereocenters. The lowest BCUT2D eigenvalue weighted by molar-refractivity contribution is -0.116. The lowest BCUT2D eigenvalue weighted by atomic mass is 10.2. The van der Waals surface area contributed by atoms with E-state index in [1.54, 1.807) is 0 Å². The minimum atomic E-state index is 0.0243. The van der Waals surface area contributed by atoms with Crippen LogP contribution in [0.2, 0.25) is 0 Å². The molecule has 1 unspecified atom stereocenters. The number of thioether (sulfide) groups is 1. The summed E-state index contributed by atoms with van der Waals surface area (Å²) in [5.41, 5.74) is 0. The van der Waals surface area contributed by atoms with Crippen molar-refractivity contribution in [2.45, 2.75) is 6.04 Å². The summed E-state index contributed by atoms with van der Waals surface area (Å²) in [5.74, 6) is 2.12. The van der Waals surface area contributed by atoms with Gasteiger partial charge in [0.25, 0.3) is 0 Å². The molecule has 0 amide bonds. The van der Waals surface area contributed by atoms with Crippen LogP contribution in [0.4, 0.5) is 0 Å². The zero-order valence-corrected chi connectivity index (χ0v) is 6.62. The second kappa shape index (κ2) is 3.78. The van der Waals surface area contributed by atoms with Gasteiger partial charge >= 0.3 is 0 Å². The summed E-state index contributed by atoms with van der Waals surface area (Å²) < 4.78 is 0. The van der Waals surface area contributed by atoms with Crippen LogP contribution in [0, 0.1) is 0 Å². The second-order valence-electron chi connectivity index (χ2n) is 2.19. The molecular weight excluding hydrogens is 146 g/mol. The van der Waals surface area contributed by atoms with Gasteiger partial charge in [-0.05, 0) is 6.08 Å². The molecule has 10 heavy (non-hydrogen) atoms. The van der Waals surface area contributed by atoms with Gasteiger partial charge in [-0.1, -0.05) is 6.58 Å². The fourth-order valence-electron chi connectivity index (χ4n) is 0.890. The Kier molecular flexibility index (Phi) is 2.96. The number of ketones is 1. The molecule has 0 bridgehead atoms. The van der Waals surface area contributed by atoms with Gasteiger partial charge in [0.05, 0.1) is 6.04 Å². The Morgan fingerprint density at radius 2 is 2.60 bits per heavy atom. The molecule has 0 aromatic rings. The molecule has 0 aromatic carbocycles. The summed E-state index contributed by atoms with van der Waals surface area (Å²) in [6.07, 6.45) is 1.39. The Bertz CT molecular complexity index is 141. The van der Waals surface area contributed by atoms with Gasteiger partial charge in [-0.2, -0.15) is 11.8 Å². The molecule has 2 nitrogen and oxygen atoms in total. The van der Waals surface area contributed by atoms with Gasteiger partial charge in [-0.3, -0.25) is 4.79 Å². The first-order valence-electron chi connectivity index (χ1n) is 3.32. The van der Waals surface area contributed by atoms with Crippen molar-refractivity contribution in [3.05, 3.63) is 12.7 Å². The van der Waals surface area contributed by atoms with Crippen LogP contribution in [-0.2, 0) is 4.79 Å². The minimum absolute atomic E-state index is 0.0243. The highest BCUT2D eigenvalue weighted by atomic mass is 32.2. The molecule has 1 aliphatic rings. The van der Waals surface area contributed by atoms with Crippen molar-refractivity contribution in [1.29, 1.82) is 0 Å². The standard InChI is InChI=1S/C7H11NOS/c1-2-7(9)6-5-10-4-3-8-6/h2,6,8H,1,3-5H2. The molecule has 1 heterocycles. The molecule has 1 aliphatic heterocycles. The summed E-state index contributed by atoms with van der Waals surface area (Å²) in [6.45, 7) is 4.38. The zero-order valence-electron chi connectivity index (χ0n) is 5.80. The summed E-state index contributed by atoms with van der Waals surface area (Å²) >= 11 is 1.82. The van der Waals surface area contributed by atoms with E-state index >= 15 is 0 Å². The number of carbonyl (C=O) groups excluding carboxylic acids is 1. The van der Waals surface area contributed by atoms with E-state index in [-0.39, 0.29) is 11.8 Å². The third kappa shape index (κ3) is 1.85. The van der Waals surface area contributed by atoms with Crippen LogP contribution >= 0.6 is 11.8 Å². The van der Waals surface area contributed by atoms with Crippen molar-refractivity contribution >= 4 is 17.5 Å². The van der Waals surface area contributed by atoms with E-state index in [4.69, 9.17) is 0 Å². The molecule has 1 N–H and O–H groups in total. The van der Waals surface area contributed by atoms with Gasteiger partial charge in [0, 0.05) is 18.1 Å². The van der Waals surface area contributed by atoms with E-state index in [9.17, 15) is 4.79 Å². The first-order valence-corrected chi connectivity index (χ1v) is 4.47. The second-order valence-corrected chi connectivity index (χ2v) is 3.34. The van der Waals surface area contributed by atoms with E-state index in [2.05, 4.69) is 11.9 Å². The van der Waals surface area contributed by atoms with Crippen LogP contribution < -0.4 is 5.32 Å². The monoisotopic (exact) mass is 157 g/mol. The van der Waals surface area contributed by atoms with Gasteiger partial charge in [-0.15, -0.1) is 0 Å². The molecule has 1 fully saturated rings. The summed E-state index contributed by atoms with van der Waals surface area (Å²) in [7, 11) is 0. The van der Waals surface area contributed by atoms with Gasteiger partial charge in [0.2, 0.25) is 0 Å². The Morgan fingerprint density at radius 3 is 3.10 bits per heavy atom. The van der Waals surface area contributed by atoms with Gasteiger partial charge in [0.15, 0.2) is 5.78 Å². The normalized spacial score (nSPS) is 25.8. The number of rotatable bonds is 2. The summed E-state index contributed by atoms with van der Waals surface area (Å²) in [5, 5.41) is 3.13. The molecule has 0 spiro atoms. The smallest absolute Gasteiger partial charge is 0.172 e. The third-order valence-corrected chi connectivity index (χ3v) is 2.53. The van der Waals surface area contributed by atoms with Crippen LogP contribution in [-0.4, -0.2) is 29.9 Å². The maximum Gasteiger partial charge on any atom is 0.172 e. The molecule has 3 heteroatoms. The highest BCUT2D eigenvalue weighted by Crippen LogP contribution is 2.07.